The minimum atomic E-state index is 0.218. The van der Waals surface area contributed by atoms with Crippen molar-refractivity contribution in [3.05, 3.63) is 0 Å². The molecule has 0 bridgehead atoms. The summed E-state index contributed by atoms with van der Waals surface area (Å²) >= 11 is 0. The molecule has 76 valence electrons. The van der Waals surface area contributed by atoms with E-state index in [9.17, 15) is 4.79 Å². The van der Waals surface area contributed by atoms with Crippen LogP contribution in [-0.4, -0.2) is 17.5 Å². The topological polar surface area (TPSA) is 37.3 Å². The molecular formula is C11H20O2. The molecule has 0 amide bonds. The Morgan fingerprint density at radius 3 is 2.85 bits per heavy atom. The number of Topliss-reactive ketones (excluding diaryl/α,β-unsaturated/α-hetero) is 1. The number of rotatable bonds is 3. The molecule has 1 fully saturated rings. The van der Waals surface area contributed by atoms with Gasteiger partial charge in [-0.1, -0.05) is 20.3 Å². The van der Waals surface area contributed by atoms with Crippen LogP contribution in [0.4, 0.5) is 0 Å². The quantitative estimate of drug-likeness (QED) is 0.728. The minimum absolute atomic E-state index is 0.218. The molecule has 1 unspecified atom stereocenters. The van der Waals surface area contributed by atoms with Crippen LogP contribution in [0.2, 0.25) is 0 Å². The second kappa shape index (κ2) is 4.75. The van der Waals surface area contributed by atoms with Crippen molar-refractivity contribution in [2.45, 2.75) is 39.5 Å². The van der Waals surface area contributed by atoms with E-state index in [1.54, 1.807) is 0 Å². The third-order valence-electron chi connectivity index (χ3n) is 3.39. The van der Waals surface area contributed by atoms with Gasteiger partial charge in [0.2, 0.25) is 0 Å². The lowest BCUT2D eigenvalue weighted by Crippen LogP contribution is -2.30. The molecule has 3 atom stereocenters. The Hall–Kier alpha value is -0.370. The first-order valence-corrected chi connectivity index (χ1v) is 5.32. The highest BCUT2D eigenvalue weighted by atomic mass is 16.3. The molecule has 1 N–H and O–H groups in total. The molecule has 0 radical (unpaired) electrons. The van der Waals surface area contributed by atoms with Crippen LogP contribution >= 0.6 is 0 Å². The van der Waals surface area contributed by atoms with Crippen LogP contribution in [0.25, 0.3) is 0 Å². The zero-order chi connectivity index (χ0) is 9.84. The van der Waals surface area contributed by atoms with E-state index in [1.807, 2.05) is 0 Å². The highest BCUT2D eigenvalue weighted by Gasteiger charge is 2.31. The van der Waals surface area contributed by atoms with Crippen molar-refractivity contribution in [1.82, 2.24) is 0 Å². The van der Waals surface area contributed by atoms with Gasteiger partial charge in [-0.3, -0.25) is 4.79 Å². The van der Waals surface area contributed by atoms with Crippen LogP contribution in [-0.2, 0) is 4.79 Å². The zero-order valence-corrected chi connectivity index (χ0v) is 8.62. The van der Waals surface area contributed by atoms with Gasteiger partial charge in [0.25, 0.3) is 0 Å². The molecule has 13 heavy (non-hydrogen) atoms. The largest absolute Gasteiger partial charge is 0.396 e. The highest BCUT2D eigenvalue weighted by molar-refractivity contribution is 5.82. The van der Waals surface area contributed by atoms with E-state index in [4.69, 9.17) is 5.11 Å². The summed E-state index contributed by atoms with van der Waals surface area (Å²) in [6.07, 6.45) is 3.54. The molecule has 0 saturated heterocycles. The van der Waals surface area contributed by atoms with Crippen molar-refractivity contribution in [1.29, 1.82) is 0 Å². The molecule has 2 heteroatoms. The summed E-state index contributed by atoms with van der Waals surface area (Å²) < 4.78 is 0. The standard InChI is InChI=1S/C11H20O2/c1-3-8(2)10-6-9(7-12)4-5-11(10)13/h8-10,12H,3-7H2,1-2H3/t8-,9?,10-/m0/s1. The van der Waals surface area contributed by atoms with E-state index in [0.717, 1.165) is 19.3 Å². The van der Waals surface area contributed by atoms with E-state index in [1.165, 1.54) is 0 Å². The number of aliphatic hydroxyl groups excluding tert-OH is 1. The molecule has 0 aromatic rings. The van der Waals surface area contributed by atoms with E-state index in [-0.39, 0.29) is 12.5 Å². The third-order valence-corrected chi connectivity index (χ3v) is 3.39. The Kier molecular flexibility index (Phi) is 3.91. The van der Waals surface area contributed by atoms with Crippen LogP contribution in [0, 0.1) is 17.8 Å². The Bertz CT molecular complexity index is 177. The van der Waals surface area contributed by atoms with Gasteiger partial charge in [0.1, 0.15) is 5.78 Å². The van der Waals surface area contributed by atoms with Crippen molar-refractivity contribution in [2.75, 3.05) is 6.61 Å². The molecule has 1 rings (SSSR count). The summed E-state index contributed by atoms with van der Waals surface area (Å²) in [6.45, 7) is 4.52. The molecule has 0 heterocycles. The van der Waals surface area contributed by atoms with Crippen LogP contribution in [0.3, 0.4) is 0 Å². The average molecular weight is 184 g/mol. The summed E-state index contributed by atoms with van der Waals surface area (Å²) in [6, 6.07) is 0. The van der Waals surface area contributed by atoms with Crippen molar-refractivity contribution >= 4 is 5.78 Å². The molecule has 0 aromatic carbocycles. The molecular weight excluding hydrogens is 164 g/mol. The van der Waals surface area contributed by atoms with Crippen molar-refractivity contribution < 1.29 is 9.90 Å². The normalized spacial score (nSPS) is 31.8. The lowest BCUT2D eigenvalue weighted by atomic mass is 9.74. The van der Waals surface area contributed by atoms with Crippen molar-refractivity contribution in [2.24, 2.45) is 17.8 Å². The van der Waals surface area contributed by atoms with Gasteiger partial charge in [-0.2, -0.15) is 0 Å². The predicted molar refractivity (Wildman–Crippen MR) is 52.4 cm³/mol. The Balaban J connectivity index is 2.54. The maximum atomic E-state index is 11.6. The van der Waals surface area contributed by atoms with E-state index in [2.05, 4.69) is 13.8 Å². The number of hydrogen-bond donors (Lipinski definition) is 1. The lowest BCUT2D eigenvalue weighted by Gasteiger charge is -2.30. The fraction of sp³-hybridized carbons (Fsp3) is 0.909. The van der Waals surface area contributed by atoms with Gasteiger partial charge in [-0.25, -0.2) is 0 Å². The number of ketones is 1. The first kappa shape index (κ1) is 10.7. The highest BCUT2D eigenvalue weighted by Crippen LogP contribution is 2.32. The molecule has 0 aromatic heterocycles. The first-order chi connectivity index (χ1) is 6.19. The summed E-state index contributed by atoms with van der Waals surface area (Å²) in [4.78, 5) is 11.6. The van der Waals surface area contributed by atoms with E-state index < -0.39 is 0 Å². The number of carbonyl (C=O) groups excluding carboxylic acids is 1. The summed E-state index contributed by atoms with van der Waals surface area (Å²) in [5.74, 6) is 1.49. The number of hydrogen-bond acceptors (Lipinski definition) is 2. The van der Waals surface area contributed by atoms with Gasteiger partial charge in [-0.05, 0) is 24.7 Å². The Morgan fingerprint density at radius 2 is 2.31 bits per heavy atom. The zero-order valence-electron chi connectivity index (χ0n) is 8.62. The van der Waals surface area contributed by atoms with Gasteiger partial charge in [0.15, 0.2) is 0 Å². The van der Waals surface area contributed by atoms with Crippen molar-refractivity contribution in [3.63, 3.8) is 0 Å². The van der Waals surface area contributed by atoms with Gasteiger partial charge < -0.3 is 5.11 Å². The monoisotopic (exact) mass is 184 g/mol. The van der Waals surface area contributed by atoms with Gasteiger partial charge in [-0.15, -0.1) is 0 Å². The SMILES string of the molecule is CC[C@H](C)[C@@H]1CC(CO)CCC1=O. The summed E-state index contributed by atoms with van der Waals surface area (Å²) in [5.41, 5.74) is 0. The Morgan fingerprint density at radius 1 is 1.62 bits per heavy atom. The second-order valence-corrected chi connectivity index (χ2v) is 4.28. The van der Waals surface area contributed by atoms with Crippen LogP contribution in [0.5, 0.6) is 0 Å². The fourth-order valence-corrected chi connectivity index (χ4v) is 2.14. The summed E-state index contributed by atoms with van der Waals surface area (Å²) in [5, 5.41) is 9.04. The molecule has 2 nitrogen and oxygen atoms in total. The Labute approximate surface area is 80.3 Å². The maximum Gasteiger partial charge on any atom is 0.136 e. The molecule has 1 aliphatic rings. The average Bonchev–Trinajstić information content (AvgIpc) is 2.17. The predicted octanol–water partition coefficient (Wildman–Crippen LogP) is 2.01. The minimum Gasteiger partial charge on any atom is -0.396 e. The smallest absolute Gasteiger partial charge is 0.136 e. The number of carbonyl (C=O) groups is 1. The summed E-state index contributed by atoms with van der Waals surface area (Å²) in [7, 11) is 0. The molecule has 0 spiro atoms. The van der Waals surface area contributed by atoms with E-state index in [0.29, 0.717) is 24.0 Å². The van der Waals surface area contributed by atoms with Crippen LogP contribution in [0.15, 0.2) is 0 Å². The molecule has 1 aliphatic carbocycles. The van der Waals surface area contributed by atoms with Gasteiger partial charge in [0.05, 0.1) is 0 Å². The molecule has 0 aliphatic heterocycles. The number of aliphatic hydroxyl groups is 1. The van der Waals surface area contributed by atoms with Crippen molar-refractivity contribution in [3.8, 4) is 0 Å². The molecule has 1 saturated carbocycles. The maximum absolute atomic E-state index is 11.6. The third kappa shape index (κ3) is 2.53. The fourth-order valence-electron chi connectivity index (χ4n) is 2.14. The van der Waals surface area contributed by atoms with Crippen LogP contribution < -0.4 is 0 Å². The van der Waals surface area contributed by atoms with Gasteiger partial charge in [0, 0.05) is 18.9 Å². The van der Waals surface area contributed by atoms with Gasteiger partial charge >= 0.3 is 0 Å². The van der Waals surface area contributed by atoms with Crippen LogP contribution in [0.1, 0.15) is 39.5 Å². The first-order valence-electron chi connectivity index (χ1n) is 5.32. The van der Waals surface area contributed by atoms with E-state index >= 15 is 0 Å². The lowest BCUT2D eigenvalue weighted by molar-refractivity contribution is -0.127. The second-order valence-electron chi connectivity index (χ2n) is 4.28.